The summed E-state index contributed by atoms with van der Waals surface area (Å²) < 4.78 is 5.54. The second-order valence-electron chi connectivity index (χ2n) is 5.43. The third-order valence-corrected chi connectivity index (χ3v) is 3.61. The molecule has 1 unspecified atom stereocenters. The molecule has 1 N–H and O–H groups in total. The van der Waals surface area contributed by atoms with Gasteiger partial charge in [-0.2, -0.15) is 5.26 Å². The average Bonchev–Trinajstić information content (AvgIpc) is 3.05. The summed E-state index contributed by atoms with van der Waals surface area (Å²) in [6.07, 6.45) is 1.49. The van der Waals surface area contributed by atoms with Gasteiger partial charge in [-0.15, -0.1) is 0 Å². The number of pyridine rings is 1. The molecule has 3 aromatic rings. The molecule has 0 aliphatic carbocycles. The van der Waals surface area contributed by atoms with Crippen molar-refractivity contribution in [1.29, 1.82) is 5.26 Å². The topological polar surface area (TPSA) is 109 Å². The number of rotatable bonds is 5. The first-order chi connectivity index (χ1) is 12.6. The molecular formula is C19H14N4O3. The number of carbonyl (C=O) groups excluding carboxylic acids is 2. The van der Waals surface area contributed by atoms with E-state index in [9.17, 15) is 14.9 Å². The molecule has 0 saturated carbocycles. The smallest absolute Gasteiger partial charge is 0.251 e. The molecule has 26 heavy (non-hydrogen) atoms. The molecule has 0 radical (unpaired) electrons. The summed E-state index contributed by atoms with van der Waals surface area (Å²) in [5.74, 6) is -2.67. The van der Waals surface area contributed by atoms with Crippen LogP contribution in [0.25, 0.3) is 11.5 Å². The zero-order chi connectivity index (χ0) is 18.5. The van der Waals surface area contributed by atoms with Gasteiger partial charge in [-0.3, -0.25) is 9.59 Å². The molecular weight excluding hydrogens is 332 g/mol. The first kappa shape index (κ1) is 17.0. The fraction of sp³-hybridized carbons (Fsp3) is 0.105. The van der Waals surface area contributed by atoms with Crippen molar-refractivity contribution in [1.82, 2.24) is 9.97 Å². The molecule has 7 heteroatoms. The normalized spacial score (nSPS) is 11.4. The van der Waals surface area contributed by atoms with E-state index in [1.54, 1.807) is 43.3 Å². The molecule has 0 bridgehead atoms. The lowest BCUT2D eigenvalue weighted by Gasteiger charge is -2.07. The number of aromatic nitrogens is 2. The molecule has 1 aromatic carbocycles. The highest BCUT2D eigenvalue weighted by atomic mass is 16.4. The number of hydrogen-bond donors (Lipinski definition) is 1. The Bertz CT molecular complexity index is 975. The van der Waals surface area contributed by atoms with Gasteiger partial charge < -0.3 is 9.73 Å². The number of Topliss-reactive ketones (excluding diaryl/α,β-unsaturated/α-hetero) is 1. The van der Waals surface area contributed by atoms with E-state index in [1.807, 2.05) is 18.2 Å². The Balaban J connectivity index is 1.84. The molecule has 1 amide bonds. The van der Waals surface area contributed by atoms with E-state index < -0.39 is 17.6 Å². The zero-order valence-corrected chi connectivity index (χ0v) is 13.8. The summed E-state index contributed by atoms with van der Waals surface area (Å²) in [7, 11) is 0. The van der Waals surface area contributed by atoms with Crippen LogP contribution in [-0.2, 0) is 4.79 Å². The molecule has 0 fully saturated rings. The predicted molar refractivity (Wildman–Crippen MR) is 93.0 cm³/mol. The van der Waals surface area contributed by atoms with Crippen molar-refractivity contribution in [3.63, 3.8) is 0 Å². The second kappa shape index (κ2) is 7.40. The Hall–Kier alpha value is -3.79. The van der Waals surface area contributed by atoms with Crippen molar-refractivity contribution < 1.29 is 14.0 Å². The van der Waals surface area contributed by atoms with Crippen LogP contribution in [0.15, 0.2) is 59.1 Å². The molecule has 0 aliphatic heterocycles. The molecule has 7 nitrogen and oxygen atoms in total. The highest BCUT2D eigenvalue weighted by Crippen LogP contribution is 2.23. The average molecular weight is 346 g/mol. The number of nitriles is 1. The van der Waals surface area contributed by atoms with E-state index in [4.69, 9.17) is 4.42 Å². The molecule has 0 aliphatic rings. The molecule has 1 atom stereocenters. The number of ketones is 1. The van der Waals surface area contributed by atoms with Crippen LogP contribution in [0.1, 0.15) is 16.2 Å². The monoisotopic (exact) mass is 346 g/mol. The van der Waals surface area contributed by atoms with Gasteiger partial charge in [0.05, 0.1) is 11.8 Å². The van der Waals surface area contributed by atoms with E-state index in [1.165, 1.54) is 6.20 Å². The number of aryl methyl sites for hydroxylation is 1. The second-order valence-corrected chi connectivity index (χ2v) is 5.43. The van der Waals surface area contributed by atoms with Crippen LogP contribution < -0.4 is 5.32 Å². The number of benzene rings is 1. The van der Waals surface area contributed by atoms with Crippen molar-refractivity contribution in [3.8, 4) is 17.5 Å². The van der Waals surface area contributed by atoms with Gasteiger partial charge in [0, 0.05) is 11.8 Å². The van der Waals surface area contributed by atoms with Crippen molar-refractivity contribution in [2.24, 2.45) is 5.92 Å². The van der Waals surface area contributed by atoms with Crippen molar-refractivity contribution >= 4 is 17.5 Å². The van der Waals surface area contributed by atoms with Gasteiger partial charge >= 0.3 is 0 Å². The van der Waals surface area contributed by atoms with E-state index in [0.717, 1.165) is 0 Å². The first-order valence-electron chi connectivity index (χ1n) is 7.78. The van der Waals surface area contributed by atoms with Gasteiger partial charge in [-0.25, -0.2) is 9.97 Å². The van der Waals surface area contributed by atoms with E-state index in [-0.39, 0.29) is 17.5 Å². The lowest BCUT2D eigenvalue weighted by molar-refractivity contribution is -0.117. The summed E-state index contributed by atoms with van der Waals surface area (Å²) in [4.78, 5) is 33.1. The van der Waals surface area contributed by atoms with E-state index in [0.29, 0.717) is 11.3 Å². The lowest BCUT2D eigenvalue weighted by atomic mass is 10.0. The van der Waals surface area contributed by atoms with Gasteiger partial charge in [0.15, 0.2) is 11.7 Å². The van der Waals surface area contributed by atoms with Crippen LogP contribution in [0, 0.1) is 24.2 Å². The number of carbonyl (C=O) groups is 2. The summed E-state index contributed by atoms with van der Waals surface area (Å²) in [5, 5.41) is 11.8. The molecule has 2 aromatic heterocycles. The summed E-state index contributed by atoms with van der Waals surface area (Å²) >= 11 is 0. The Morgan fingerprint density at radius 2 is 1.88 bits per heavy atom. The van der Waals surface area contributed by atoms with E-state index in [2.05, 4.69) is 15.3 Å². The Kier molecular flexibility index (Phi) is 4.85. The minimum atomic E-state index is -1.56. The standard InChI is InChI=1S/C19H14N4O3/c1-12-17(26-19(22-12)13-7-3-2-4-8-13)16(24)14(11-20)18(25)23-15-9-5-6-10-21-15/h2-10,14H,1H3,(H,21,23,25). The Labute approximate surface area is 149 Å². The molecule has 0 saturated heterocycles. The number of nitrogens with zero attached hydrogens (tertiary/aromatic N) is 3. The summed E-state index contributed by atoms with van der Waals surface area (Å²) in [5.41, 5.74) is 1.01. The zero-order valence-electron chi connectivity index (χ0n) is 13.8. The van der Waals surface area contributed by atoms with Gasteiger partial charge in [-0.1, -0.05) is 24.3 Å². The lowest BCUT2D eigenvalue weighted by Crippen LogP contribution is -2.29. The molecule has 2 heterocycles. The number of hydrogen-bond acceptors (Lipinski definition) is 6. The minimum absolute atomic E-state index is 0.105. The SMILES string of the molecule is Cc1nc(-c2ccccc2)oc1C(=O)C(C#N)C(=O)Nc1ccccn1. The number of amides is 1. The van der Waals surface area contributed by atoms with Crippen LogP contribution in [0.2, 0.25) is 0 Å². The van der Waals surface area contributed by atoms with Crippen LogP contribution >= 0.6 is 0 Å². The fourth-order valence-electron chi connectivity index (χ4n) is 2.33. The summed E-state index contributed by atoms with van der Waals surface area (Å²) in [6, 6.07) is 15.7. The van der Waals surface area contributed by atoms with Crippen molar-refractivity contribution in [2.45, 2.75) is 6.92 Å². The van der Waals surface area contributed by atoms with Crippen LogP contribution in [-0.4, -0.2) is 21.7 Å². The maximum Gasteiger partial charge on any atom is 0.251 e. The van der Waals surface area contributed by atoms with Crippen LogP contribution in [0.5, 0.6) is 0 Å². The third-order valence-electron chi connectivity index (χ3n) is 3.61. The van der Waals surface area contributed by atoms with Crippen molar-refractivity contribution in [3.05, 3.63) is 66.2 Å². The van der Waals surface area contributed by atoms with Crippen LogP contribution in [0.4, 0.5) is 5.82 Å². The highest BCUT2D eigenvalue weighted by molar-refractivity contribution is 6.14. The van der Waals surface area contributed by atoms with Crippen LogP contribution in [0.3, 0.4) is 0 Å². The Morgan fingerprint density at radius 3 is 2.54 bits per heavy atom. The van der Waals surface area contributed by atoms with Gasteiger partial charge in [0.25, 0.3) is 5.91 Å². The molecule has 128 valence electrons. The maximum absolute atomic E-state index is 12.6. The van der Waals surface area contributed by atoms with Gasteiger partial charge in [0.1, 0.15) is 5.82 Å². The van der Waals surface area contributed by atoms with E-state index >= 15 is 0 Å². The largest absolute Gasteiger partial charge is 0.433 e. The quantitative estimate of drug-likeness (QED) is 0.562. The first-order valence-corrected chi connectivity index (χ1v) is 7.78. The number of nitrogens with one attached hydrogen (secondary N) is 1. The summed E-state index contributed by atoms with van der Waals surface area (Å²) in [6.45, 7) is 1.59. The Morgan fingerprint density at radius 1 is 1.15 bits per heavy atom. The minimum Gasteiger partial charge on any atom is -0.433 e. The third kappa shape index (κ3) is 3.49. The van der Waals surface area contributed by atoms with Gasteiger partial charge in [-0.05, 0) is 31.2 Å². The van der Waals surface area contributed by atoms with Crippen molar-refractivity contribution in [2.75, 3.05) is 5.32 Å². The fourth-order valence-corrected chi connectivity index (χ4v) is 2.33. The highest BCUT2D eigenvalue weighted by Gasteiger charge is 2.32. The molecule has 0 spiro atoms. The van der Waals surface area contributed by atoms with Gasteiger partial charge in [0.2, 0.25) is 11.7 Å². The number of oxazole rings is 1. The molecule has 3 rings (SSSR count). The number of anilines is 1. The predicted octanol–water partition coefficient (Wildman–Crippen LogP) is 3.01. The maximum atomic E-state index is 12.6.